The molecule has 0 unspecified atom stereocenters. The zero-order valence-corrected chi connectivity index (χ0v) is 9.59. The fourth-order valence-electron chi connectivity index (χ4n) is 2.10. The molecule has 88 valence electrons. The van der Waals surface area contributed by atoms with Crippen molar-refractivity contribution in [3.05, 3.63) is 12.3 Å². The molecule has 0 bridgehead atoms. The van der Waals surface area contributed by atoms with Crippen LogP contribution < -0.4 is 10.6 Å². The van der Waals surface area contributed by atoms with Gasteiger partial charge in [-0.2, -0.15) is 4.98 Å². The summed E-state index contributed by atoms with van der Waals surface area (Å²) in [6.07, 6.45) is 4.01. The first-order valence-corrected chi connectivity index (χ1v) is 5.62. The predicted octanol–water partition coefficient (Wildman–Crippen LogP) is 0.922. The van der Waals surface area contributed by atoms with Gasteiger partial charge in [-0.3, -0.25) is 0 Å². The molecule has 2 N–H and O–H groups in total. The van der Waals surface area contributed by atoms with Gasteiger partial charge in [-0.15, -0.1) is 0 Å². The van der Waals surface area contributed by atoms with Gasteiger partial charge in [0.2, 0.25) is 5.95 Å². The molecule has 2 rings (SSSR count). The molecular weight excluding hydrogens is 204 g/mol. The van der Waals surface area contributed by atoms with Gasteiger partial charge in [-0.25, -0.2) is 4.98 Å². The largest absolute Gasteiger partial charge is 0.384 e. The van der Waals surface area contributed by atoms with Gasteiger partial charge in [0, 0.05) is 33.0 Å². The van der Waals surface area contributed by atoms with Crippen LogP contribution in [-0.4, -0.2) is 36.8 Å². The summed E-state index contributed by atoms with van der Waals surface area (Å²) in [5, 5.41) is 0. The number of nitrogen functional groups attached to an aromatic ring is 1. The van der Waals surface area contributed by atoms with Crippen molar-refractivity contribution >= 4 is 11.8 Å². The first-order valence-electron chi connectivity index (χ1n) is 5.62. The van der Waals surface area contributed by atoms with Gasteiger partial charge < -0.3 is 15.4 Å². The van der Waals surface area contributed by atoms with E-state index in [1.807, 2.05) is 6.07 Å². The Balaban J connectivity index is 1.94. The molecule has 0 amide bonds. The van der Waals surface area contributed by atoms with Crippen LogP contribution in [0.15, 0.2) is 12.3 Å². The Hall–Kier alpha value is -1.36. The lowest BCUT2D eigenvalue weighted by Gasteiger charge is -2.32. The van der Waals surface area contributed by atoms with E-state index in [1.165, 1.54) is 0 Å². The Bertz CT molecular complexity index is 337. The fourth-order valence-corrected chi connectivity index (χ4v) is 2.10. The van der Waals surface area contributed by atoms with Crippen molar-refractivity contribution in [3.63, 3.8) is 0 Å². The standard InChI is InChI=1S/C11H18N4O/c1-16-8-9-3-6-15(7-4-9)10-2-5-13-11(12)14-10/h2,5,9H,3-4,6-8H2,1H3,(H2,12,13,14). The molecule has 5 nitrogen and oxygen atoms in total. The number of aromatic nitrogens is 2. The SMILES string of the molecule is COCC1CCN(c2ccnc(N)n2)CC1. The quantitative estimate of drug-likeness (QED) is 0.824. The Morgan fingerprint density at radius 2 is 2.25 bits per heavy atom. The normalized spacial score (nSPS) is 17.7. The zero-order chi connectivity index (χ0) is 11.4. The zero-order valence-electron chi connectivity index (χ0n) is 9.59. The van der Waals surface area contributed by atoms with Crippen molar-refractivity contribution in [1.82, 2.24) is 9.97 Å². The maximum atomic E-state index is 5.57. The molecule has 0 aromatic carbocycles. The summed E-state index contributed by atoms with van der Waals surface area (Å²) in [7, 11) is 1.76. The molecule has 0 radical (unpaired) electrons. The highest BCUT2D eigenvalue weighted by Gasteiger charge is 2.19. The van der Waals surface area contributed by atoms with Gasteiger partial charge in [0.05, 0.1) is 0 Å². The molecule has 16 heavy (non-hydrogen) atoms. The Labute approximate surface area is 95.6 Å². The molecule has 1 aliphatic heterocycles. The molecule has 2 heterocycles. The molecule has 1 aromatic heterocycles. The van der Waals surface area contributed by atoms with Gasteiger partial charge >= 0.3 is 0 Å². The number of piperidine rings is 1. The summed E-state index contributed by atoms with van der Waals surface area (Å²) in [6, 6.07) is 1.91. The van der Waals surface area contributed by atoms with Crippen molar-refractivity contribution in [3.8, 4) is 0 Å². The minimum absolute atomic E-state index is 0.344. The topological polar surface area (TPSA) is 64.3 Å². The van der Waals surface area contributed by atoms with E-state index < -0.39 is 0 Å². The van der Waals surface area contributed by atoms with Crippen molar-refractivity contribution in [2.45, 2.75) is 12.8 Å². The minimum Gasteiger partial charge on any atom is -0.384 e. The van der Waals surface area contributed by atoms with Crippen molar-refractivity contribution in [2.24, 2.45) is 5.92 Å². The molecule has 0 atom stereocenters. The summed E-state index contributed by atoms with van der Waals surface area (Å²) in [6.45, 7) is 2.90. The average Bonchev–Trinajstić information content (AvgIpc) is 2.30. The van der Waals surface area contributed by atoms with Gasteiger partial charge in [-0.1, -0.05) is 0 Å². The summed E-state index contributed by atoms with van der Waals surface area (Å²) >= 11 is 0. The van der Waals surface area contributed by atoms with Crippen LogP contribution >= 0.6 is 0 Å². The van der Waals surface area contributed by atoms with E-state index in [9.17, 15) is 0 Å². The lowest BCUT2D eigenvalue weighted by atomic mass is 9.98. The lowest BCUT2D eigenvalue weighted by molar-refractivity contribution is 0.139. The highest BCUT2D eigenvalue weighted by atomic mass is 16.5. The number of nitrogens with two attached hydrogens (primary N) is 1. The number of methoxy groups -OCH3 is 1. The number of anilines is 2. The Morgan fingerprint density at radius 1 is 1.50 bits per heavy atom. The summed E-state index contributed by atoms with van der Waals surface area (Å²) in [5.41, 5.74) is 5.57. The van der Waals surface area contributed by atoms with Crippen LogP contribution in [0.2, 0.25) is 0 Å². The maximum Gasteiger partial charge on any atom is 0.221 e. The molecule has 0 spiro atoms. The molecule has 1 fully saturated rings. The lowest BCUT2D eigenvalue weighted by Crippen LogP contribution is -2.35. The minimum atomic E-state index is 0.344. The van der Waals surface area contributed by atoms with E-state index in [1.54, 1.807) is 13.3 Å². The molecule has 1 saturated heterocycles. The van der Waals surface area contributed by atoms with Crippen LogP contribution in [0.3, 0.4) is 0 Å². The van der Waals surface area contributed by atoms with Crippen LogP contribution in [0.4, 0.5) is 11.8 Å². The number of ether oxygens (including phenoxy) is 1. The summed E-state index contributed by atoms with van der Waals surface area (Å²) in [5.74, 6) is 1.96. The molecule has 5 heteroatoms. The number of hydrogen-bond acceptors (Lipinski definition) is 5. The van der Waals surface area contributed by atoms with Gasteiger partial charge in [0.15, 0.2) is 0 Å². The van der Waals surface area contributed by atoms with Crippen molar-refractivity contribution < 1.29 is 4.74 Å². The predicted molar refractivity (Wildman–Crippen MR) is 63.3 cm³/mol. The first-order chi connectivity index (χ1) is 7.79. The second-order valence-electron chi connectivity index (χ2n) is 4.16. The number of rotatable bonds is 3. The second-order valence-corrected chi connectivity index (χ2v) is 4.16. The maximum absolute atomic E-state index is 5.57. The van der Waals surface area contributed by atoms with Crippen LogP contribution in [0.5, 0.6) is 0 Å². The van der Waals surface area contributed by atoms with Crippen molar-refractivity contribution in [2.75, 3.05) is 37.4 Å². The third-order valence-corrected chi connectivity index (χ3v) is 3.00. The average molecular weight is 222 g/mol. The third kappa shape index (κ3) is 2.61. The Morgan fingerprint density at radius 3 is 2.88 bits per heavy atom. The van der Waals surface area contributed by atoms with Crippen LogP contribution in [0.1, 0.15) is 12.8 Å². The second kappa shape index (κ2) is 5.12. The highest BCUT2D eigenvalue weighted by molar-refractivity contribution is 5.41. The first kappa shape index (κ1) is 11.1. The molecular formula is C11H18N4O. The van der Waals surface area contributed by atoms with E-state index in [2.05, 4.69) is 14.9 Å². The fraction of sp³-hybridized carbons (Fsp3) is 0.636. The Kier molecular flexibility index (Phi) is 3.56. The molecule has 0 aliphatic carbocycles. The van der Waals surface area contributed by atoms with Gasteiger partial charge in [0.1, 0.15) is 5.82 Å². The monoisotopic (exact) mass is 222 g/mol. The van der Waals surface area contributed by atoms with E-state index in [4.69, 9.17) is 10.5 Å². The summed E-state index contributed by atoms with van der Waals surface area (Å²) in [4.78, 5) is 10.4. The van der Waals surface area contributed by atoms with Crippen molar-refractivity contribution in [1.29, 1.82) is 0 Å². The highest BCUT2D eigenvalue weighted by Crippen LogP contribution is 2.21. The van der Waals surface area contributed by atoms with Gasteiger partial charge in [-0.05, 0) is 24.8 Å². The summed E-state index contributed by atoms with van der Waals surface area (Å²) < 4.78 is 5.18. The van der Waals surface area contributed by atoms with Crippen LogP contribution in [-0.2, 0) is 4.74 Å². The molecule has 0 saturated carbocycles. The van der Waals surface area contributed by atoms with E-state index >= 15 is 0 Å². The van der Waals surface area contributed by atoms with E-state index in [0.717, 1.165) is 38.4 Å². The number of nitrogens with zero attached hydrogens (tertiary/aromatic N) is 3. The van der Waals surface area contributed by atoms with Gasteiger partial charge in [0.25, 0.3) is 0 Å². The molecule has 1 aliphatic rings. The smallest absolute Gasteiger partial charge is 0.221 e. The van der Waals surface area contributed by atoms with Crippen LogP contribution in [0, 0.1) is 5.92 Å². The van der Waals surface area contributed by atoms with E-state index in [-0.39, 0.29) is 0 Å². The number of hydrogen-bond donors (Lipinski definition) is 1. The third-order valence-electron chi connectivity index (χ3n) is 3.00. The van der Waals surface area contributed by atoms with E-state index in [0.29, 0.717) is 11.9 Å². The molecule has 1 aromatic rings. The van der Waals surface area contributed by atoms with Crippen LogP contribution in [0.25, 0.3) is 0 Å².